The largest absolute Gasteiger partial charge is 0.368 e. The van der Waals surface area contributed by atoms with E-state index in [0.29, 0.717) is 0 Å². The number of hydrogen-bond donors (Lipinski definition) is 2. The SMILES string of the molecule is Cc1ccc(CC(=O)NCC(N)=O)cc1C. The van der Waals surface area contributed by atoms with Crippen LogP contribution >= 0.6 is 0 Å². The molecule has 16 heavy (non-hydrogen) atoms. The van der Waals surface area contributed by atoms with Gasteiger partial charge in [0.15, 0.2) is 0 Å². The summed E-state index contributed by atoms with van der Waals surface area (Å²) in [5.74, 6) is -0.726. The Morgan fingerprint density at radius 1 is 1.25 bits per heavy atom. The molecule has 3 N–H and O–H groups in total. The standard InChI is InChI=1S/C12H16N2O2/c1-8-3-4-10(5-9(8)2)6-12(16)14-7-11(13)15/h3-5H,6-7H2,1-2H3,(H2,13,15)(H,14,16). The van der Waals surface area contributed by atoms with Gasteiger partial charge < -0.3 is 11.1 Å². The summed E-state index contributed by atoms with van der Waals surface area (Å²) in [6, 6.07) is 5.86. The van der Waals surface area contributed by atoms with Gasteiger partial charge in [0.1, 0.15) is 0 Å². The lowest BCUT2D eigenvalue weighted by atomic mass is 10.0. The smallest absolute Gasteiger partial charge is 0.236 e. The van der Waals surface area contributed by atoms with Crippen LogP contribution in [0.3, 0.4) is 0 Å². The van der Waals surface area contributed by atoms with Crippen molar-refractivity contribution in [2.24, 2.45) is 5.73 Å². The zero-order valence-corrected chi connectivity index (χ0v) is 9.54. The molecule has 0 fully saturated rings. The monoisotopic (exact) mass is 220 g/mol. The van der Waals surface area contributed by atoms with Crippen LogP contribution in [0, 0.1) is 13.8 Å². The first-order valence-electron chi connectivity index (χ1n) is 5.10. The lowest BCUT2D eigenvalue weighted by Gasteiger charge is -2.05. The number of carbonyl (C=O) groups excluding carboxylic acids is 2. The summed E-state index contributed by atoms with van der Waals surface area (Å²) >= 11 is 0. The number of rotatable bonds is 4. The van der Waals surface area contributed by atoms with Gasteiger partial charge in [-0.05, 0) is 30.5 Å². The molecule has 0 saturated carbocycles. The third-order valence-corrected chi connectivity index (χ3v) is 2.40. The van der Waals surface area contributed by atoms with Gasteiger partial charge in [0, 0.05) is 0 Å². The zero-order valence-electron chi connectivity index (χ0n) is 9.54. The molecule has 1 aromatic rings. The summed E-state index contributed by atoms with van der Waals surface area (Å²) in [7, 11) is 0. The van der Waals surface area contributed by atoms with Crippen molar-refractivity contribution in [3.63, 3.8) is 0 Å². The van der Waals surface area contributed by atoms with E-state index in [2.05, 4.69) is 5.32 Å². The van der Waals surface area contributed by atoms with Crippen molar-refractivity contribution < 1.29 is 9.59 Å². The first-order chi connectivity index (χ1) is 7.49. The highest BCUT2D eigenvalue weighted by Crippen LogP contribution is 2.10. The van der Waals surface area contributed by atoms with E-state index >= 15 is 0 Å². The van der Waals surface area contributed by atoms with Gasteiger partial charge >= 0.3 is 0 Å². The second kappa shape index (κ2) is 5.30. The topological polar surface area (TPSA) is 72.2 Å². The van der Waals surface area contributed by atoms with Crippen LogP contribution < -0.4 is 11.1 Å². The fraction of sp³-hybridized carbons (Fsp3) is 0.333. The lowest BCUT2D eigenvalue weighted by Crippen LogP contribution is -2.34. The van der Waals surface area contributed by atoms with Crippen molar-refractivity contribution >= 4 is 11.8 Å². The van der Waals surface area contributed by atoms with E-state index in [1.54, 1.807) is 0 Å². The Morgan fingerprint density at radius 2 is 1.94 bits per heavy atom. The molecule has 0 saturated heterocycles. The van der Waals surface area contributed by atoms with E-state index < -0.39 is 5.91 Å². The maximum atomic E-state index is 11.4. The fourth-order valence-corrected chi connectivity index (χ4v) is 1.35. The highest BCUT2D eigenvalue weighted by Gasteiger charge is 2.05. The number of primary amides is 1. The van der Waals surface area contributed by atoms with Crippen molar-refractivity contribution in [1.29, 1.82) is 0 Å². The normalized spacial score (nSPS) is 9.88. The van der Waals surface area contributed by atoms with Crippen LogP contribution in [0.25, 0.3) is 0 Å². The van der Waals surface area contributed by atoms with Crippen molar-refractivity contribution in [3.8, 4) is 0 Å². The molecule has 1 aromatic carbocycles. The number of amides is 2. The molecule has 0 radical (unpaired) electrons. The van der Waals surface area contributed by atoms with Gasteiger partial charge in [-0.2, -0.15) is 0 Å². The maximum absolute atomic E-state index is 11.4. The van der Waals surface area contributed by atoms with Crippen molar-refractivity contribution in [2.75, 3.05) is 6.54 Å². The van der Waals surface area contributed by atoms with Gasteiger partial charge in [0.25, 0.3) is 0 Å². The molecule has 4 nitrogen and oxygen atoms in total. The summed E-state index contributed by atoms with van der Waals surface area (Å²) in [5, 5.41) is 2.45. The average Bonchev–Trinajstić information content (AvgIpc) is 2.21. The first kappa shape index (κ1) is 12.2. The number of nitrogens with one attached hydrogen (secondary N) is 1. The van der Waals surface area contributed by atoms with Crippen molar-refractivity contribution in [1.82, 2.24) is 5.32 Å². The minimum absolute atomic E-state index is 0.107. The molecule has 0 aliphatic carbocycles. The molecule has 4 heteroatoms. The van der Waals surface area contributed by atoms with Gasteiger partial charge in [-0.25, -0.2) is 0 Å². The Morgan fingerprint density at radius 3 is 2.50 bits per heavy atom. The predicted molar refractivity (Wildman–Crippen MR) is 61.8 cm³/mol. The molecule has 0 heterocycles. The summed E-state index contributed by atoms with van der Waals surface area (Å²) in [5.41, 5.74) is 8.21. The molecule has 0 aliphatic heterocycles. The first-order valence-corrected chi connectivity index (χ1v) is 5.10. The van der Waals surface area contributed by atoms with E-state index in [1.807, 2.05) is 32.0 Å². The molecule has 0 spiro atoms. The number of aryl methyl sites for hydroxylation is 2. The van der Waals surface area contributed by atoms with Crippen molar-refractivity contribution in [3.05, 3.63) is 34.9 Å². The summed E-state index contributed by atoms with van der Waals surface area (Å²) < 4.78 is 0. The molecule has 86 valence electrons. The van der Waals surface area contributed by atoms with Gasteiger partial charge in [0.2, 0.25) is 11.8 Å². The molecule has 0 atom stereocenters. The highest BCUT2D eigenvalue weighted by atomic mass is 16.2. The Labute approximate surface area is 94.8 Å². The molecule has 0 aliphatic rings. The third kappa shape index (κ3) is 3.73. The van der Waals surface area contributed by atoms with Crippen LogP contribution in [0.4, 0.5) is 0 Å². The van der Waals surface area contributed by atoms with Crippen LogP contribution in [-0.2, 0) is 16.0 Å². The van der Waals surface area contributed by atoms with Gasteiger partial charge in [0.05, 0.1) is 13.0 Å². The van der Waals surface area contributed by atoms with Gasteiger partial charge in [-0.1, -0.05) is 18.2 Å². The molecule has 0 unspecified atom stereocenters. The Balaban J connectivity index is 2.56. The molecule has 0 aromatic heterocycles. The number of benzene rings is 1. The van der Waals surface area contributed by atoms with Crippen LogP contribution in [0.1, 0.15) is 16.7 Å². The quantitative estimate of drug-likeness (QED) is 0.773. The van der Waals surface area contributed by atoms with Gasteiger partial charge in [-0.3, -0.25) is 9.59 Å². The predicted octanol–water partition coefficient (Wildman–Crippen LogP) is 0.447. The van der Waals surface area contributed by atoms with Crippen LogP contribution in [0.2, 0.25) is 0 Å². The van der Waals surface area contributed by atoms with Crippen molar-refractivity contribution in [2.45, 2.75) is 20.3 Å². The van der Waals surface area contributed by atoms with E-state index in [-0.39, 0.29) is 18.9 Å². The van der Waals surface area contributed by atoms with E-state index in [0.717, 1.165) is 11.1 Å². The Bertz CT molecular complexity index is 413. The summed E-state index contributed by atoms with van der Waals surface area (Å²) in [4.78, 5) is 21.9. The average molecular weight is 220 g/mol. The highest BCUT2D eigenvalue weighted by molar-refractivity contribution is 5.84. The fourth-order valence-electron chi connectivity index (χ4n) is 1.35. The molecular weight excluding hydrogens is 204 g/mol. The van der Waals surface area contributed by atoms with Crippen LogP contribution in [0.5, 0.6) is 0 Å². The van der Waals surface area contributed by atoms with Gasteiger partial charge in [-0.15, -0.1) is 0 Å². The van der Waals surface area contributed by atoms with E-state index in [9.17, 15) is 9.59 Å². The lowest BCUT2D eigenvalue weighted by molar-refractivity contribution is -0.124. The second-order valence-corrected chi connectivity index (χ2v) is 3.84. The molecule has 1 rings (SSSR count). The molecular formula is C12H16N2O2. The van der Waals surface area contributed by atoms with Crippen LogP contribution in [-0.4, -0.2) is 18.4 Å². The number of carbonyl (C=O) groups is 2. The van der Waals surface area contributed by atoms with E-state index in [1.165, 1.54) is 5.56 Å². The minimum atomic E-state index is -0.534. The summed E-state index contributed by atoms with van der Waals surface area (Å²) in [6.45, 7) is 3.91. The minimum Gasteiger partial charge on any atom is -0.368 e. The Hall–Kier alpha value is -1.84. The zero-order chi connectivity index (χ0) is 12.1. The second-order valence-electron chi connectivity index (χ2n) is 3.84. The number of hydrogen-bond acceptors (Lipinski definition) is 2. The molecule has 0 bridgehead atoms. The van der Waals surface area contributed by atoms with E-state index in [4.69, 9.17) is 5.73 Å². The summed E-state index contributed by atoms with van der Waals surface area (Å²) in [6.07, 6.45) is 0.272. The number of nitrogens with two attached hydrogens (primary N) is 1. The maximum Gasteiger partial charge on any atom is 0.236 e. The molecule has 2 amide bonds. The Kier molecular flexibility index (Phi) is 4.05. The van der Waals surface area contributed by atoms with Crippen LogP contribution in [0.15, 0.2) is 18.2 Å². The third-order valence-electron chi connectivity index (χ3n) is 2.40.